The Kier molecular flexibility index (Phi) is 2.80. The van der Waals surface area contributed by atoms with Gasteiger partial charge in [0.25, 0.3) is 0 Å². The minimum atomic E-state index is -0.366. The zero-order valence-electron chi connectivity index (χ0n) is 8.16. The maximum absolute atomic E-state index is 13.2. The Morgan fingerprint density at radius 2 is 2.47 bits per heavy atom. The third kappa shape index (κ3) is 2.43. The Labute approximate surface area is 86.9 Å². The van der Waals surface area contributed by atoms with E-state index in [4.69, 9.17) is 0 Å². The van der Waals surface area contributed by atoms with Crippen LogP contribution < -0.4 is 10.6 Å². The van der Waals surface area contributed by atoms with Gasteiger partial charge in [-0.1, -0.05) is 0 Å². The van der Waals surface area contributed by atoms with E-state index < -0.39 is 0 Å². The fraction of sp³-hybridized carbons (Fsp3) is 0.400. The summed E-state index contributed by atoms with van der Waals surface area (Å²) in [5.74, 6) is -0.0670. The Morgan fingerprint density at radius 1 is 1.60 bits per heavy atom. The van der Waals surface area contributed by atoms with Crippen molar-refractivity contribution >= 4 is 11.7 Å². The van der Waals surface area contributed by atoms with Crippen LogP contribution >= 0.6 is 0 Å². The molecule has 15 heavy (non-hydrogen) atoms. The summed E-state index contributed by atoms with van der Waals surface area (Å²) in [6.45, 7) is 0.523. The van der Waals surface area contributed by atoms with Crippen LogP contribution in [0.1, 0.15) is 12.8 Å². The van der Waals surface area contributed by atoms with Crippen LogP contribution in [0.2, 0.25) is 0 Å². The lowest BCUT2D eigenvalue weighted by molar-refractivity contribution is -0.122. The van der Waals surface area contributed by atoms with Crippen molar-refractivity contribution in [3.63, 3.8) is 0 Å². The summed E-state index contributed by atoms with van der Waals surface area (Å²) in [6, 6.07) is 2.96. The van der Waals surface area contributed by atoms with Crippen molar-refractivity contribution in [3.05, 3.63) is 24.1 Å². The smallest absolute Gasteiger partial charge is 0.220 e. The summed E-state index contributed by atoms with van der Waals surface area (Å²) >= 11 is 0. The molecule has 0 radical (unpaired) electrons. The molecule has 5 heteroatoms. The van der Waals surface area contributed by atoms with Gasteiger partial charge in [-0.05, 0) is 18.6 Å². The quantitative estimate of drug-likeness (QED) is 0.761. The fourth-order valence-corrected chi connectivity index (χ4v) is 1.54. The molecule has 0 bridgehead atoms. The summed E-state index contributed by atoms with van der Waals surface area (Å²) in [6.07, 6.45) is 2.72. The second-order valence-corrected chi connectivity index (χ2v) is 3.52. The van der Waals surface area contributed by atoms with Gasteiger partial charge in [-0.25, -0.2) is 9.37 Å². The van der Waals surface area contributed by atoms with E-state index in [-0.39, 0.29) is 23.6 Å². The zero-order chi connectivity index (χ0) is 10.7. The first-order valence-corrected chi connectivity index (χ1v) is 4.89. The van der Waals surface area contributed by atoms with Crippen LogP contribution in [0.3, 0.4) is 0 Å². The lowest BCUT2D eigenvalue weighted by atomic mass is 10.1. The number of aromatic nitrogens is 1. The Balaban J connectivity index is 1.97. The summed E-state index contributed by atoms with van der Waals surface area (Å²) in [4.78, 5) is 14.8. The standard InChI is InChI=1S/C10H12FN3O/c11-8-2-1-5-12-10(8)14-7-3-4-9(15)13-6-7/h1-2,5,7H,3-4,6H2,(H,12,14)(H,13,15). The van der Waals surface area contributed by atoms with Crippen molar-refractivity contribution < 1.29 is 9.18 Å². The molecule has 1 amide bonds. The number of carbonyl (C=O) groups is 1. The Morgan fingerprint density at radius 3 is 3.13 bits per heavy atom. The molecule has 0 spiro atoms. The van der Waals surface area contributed by atoms with Gasteiger partial charge in [0.1, 0.15) is 0 Å². The van der Waals surface area contributed by atoms with Gasteiger partial charge in [0.05, 0.1) is 0 Å². The Bertz CT molecular complexity index is 359. The molecule has 80 valence electrons. The number of piperidine rings is 1. The van der Waals surface area contributed by atoms with Gasteiger partial charge in [-0.15, -0.1) is 0 Å². The average Bonchev–Trinajstić information content (AvgIpc) is 2.25. The topological polar surface area (TPSA) is 54.0 Å². The van der Waals surface area contributed by atoms with E-state index in [1.807, 2.05) is 0 Å². The molecule has 1 unspecified atom stereocenters. The van der Waals surface area contributed by atoms with Crippen LogP contribution in [-0.2, 0) is 4.79 Å². The maximum Gasteiger partial charge on any atom is 0.220 e. The molecule has 4 nitrogen and oxygen atoms in total. The van der Waals surface area contributed by atoms with Crippen molar-refractivity contribution in [1.82, 2.24) is 10.3 Å². The second kappa shape index (κ2) is 4.25. The molecule has 2 N–H and O–H groups in total. The molecular formula is C10H12FN3O. The number of anilines is 1. The molecule has 1 saturated heterocycles. The predicted octanol–water partition coefficient (Wildman–Crippen LogP) is 0.911. The number of nitrogens with zero attached hydrogens (tertiary/aromatic N) is 1. The molecule has 0 saturated carbocycles. The molecule has 1 fully saturated rings. The van der Waals surface area contributed by atoms with Crippen molar-refractivity contribution in [1.29, 1.82) is 0 Å². The molecule has 1 aromatic rings. The molecular weight excluding hydrogens is 197 g/mol. The van der Waals surface area contributed by atoms with E-state index in [1.54, 1.807) is 6.07 Å². The van der Waals surface area contributed by atoms with Crippen molar-refractivity contribution in [2.45, 2.75) is 18.9 Å². The van der Waals surface area contributed by atoms with E-state index >= 15 is 0 Å². The van der Waals surface area contributed by atoms with Gasteiger partial charge in [0, 0.05) is 25.2 Å². The summed E-state index contributed by atoms with van der Waals surface area (Å²) < 4.78 is 13.2. The first-order chi connectivity index (χ1) is 7.25. The Hall–Kier alpha value is -1.65. The van der Waals surface area contributed by atoms with Crippen LogP contribution in [0.5, 0.6) is 0 Å². The zero-order valence-corrected chi connectivity index (χ0v) is 8.16. The van der Waals surface area contributed by atoms with Gasteiger partial charge in [0.15, 0.2) is 11.6 Å². The van der Waals surface area contributed by atoms with Crippen LogP contribution in [-0.4, -0.2) is 23.5 Å². The molecule has 2 heterocycles. The number of pyridine rings is 1. The molecule has 0 aliphatic carbocycles. The van der Waals surface area contributed by atoms with Gasteiger partial charge >= 0.3 is 0 Å². The van der Waals surface area contributed by atoms with Gasteiger partial charge in [-0.3, -0.25) is 4.79 Å². The minimum absolute atomic E-state index is 0.0505. The van der Waals surface area contributed by atoms with E-state index in [0.717, 1.165) is 0 Å². The van der Waals surface area contributed by atoms with Crippen LogP contribution in [0, 0.1) is 5.82 Å². The molecule has 2 rings (SSSR count). The predicted molar refractivity (Wildman–Crippen MR) is 53.8 cm³/mol. The molecule has 1 atom stereocenters. The van der Waals surface area contributed by atoms with Crippen LogP contribution in [0.4, 0.5) is 10.2 Å². The maximum atomic E-state index is 13.2. The van der Waals surface area contributed by atoms with E-state index in [0.29, 0.717) is 19.4 Å². The number of rotatable bonds is 2. The van der Waals surface area contributed by atoms with Crippen molar-refractivity contribution in [2.75, 3.05) is 11.9 Å². The van der Waals surface area contributed by atoms with E-state index in [9.17, 15) is 9.18 Å². The van der Waals surface area contributed by atoms with Crippen molar-refractivity contribution in [2.24, 2.45) is 0 Å². The average molecular weight is 209 g/mol. The number of nitrogens with one attached hydrogen (secondary N) is 2. The van der Waals surface area contributed by atoms with Crippen LogP contribution in [0.25, 0.3) is 0 Å². The highest BCUT2D eigenvalue weighted by Gasteiger charge is 2.18. The number of carbonyl (C=O) groups excluding carboxylic acids is 1. The van der Waals surface area contributed by atoms with Gasteiger partial charge < -0.3 is 10.6 Å². The molecule has 1 aliphatic heterocycles. The van der Waals surface area contributed by atoms with Gasteiger partial charge in [-0.2, -0.15) is 0 Å². The van der Waals surface area contributed by atoms with E-state index in [2.05, 4.69) is 15.6 Å². The number of halogens is 1. The number of hydrogen-bond acceptors (Lipinski definition) is 3. The first-order valence-electron chi connectivity index (χ1n) is 4.89. The first kappa shape index (κ1) is 9.89. The summed E-state index contributed by atoms with van der Waals surface area (Å²) in [5, 5.41) is 5.69. The van der Waals surface area contributed by atoms with Gasteiger partial charge in [0.2, 0.25) is 5.91 Å². The van der Waals surface area contributed by atoms with Crippen LogP contribution in [0.15, 0.2) is 18.3 Å². The molecule has 0 aromatic carbocycles. The third-order valence-electron chi connectivity index (χ3n) is 2.36. The molecule has 1 aromatic heterocycles. The highest BCUT2D eigenvalue weighted by Crippen LogP contribution is 2.13. The number of amides is 1. The minimum Gasteiger partial charge on any atom is -0.363 e. The van der Waals surface area contributed by atoms with E-state index in [1.165, 1.54) is 12.3 Å². The largest absolute Gasteiger partial charge is 0.363 e. The lowest BCUT2D eigenvalue weighted by Crippen LogP contribution is -2.42. The monoisotopic (exact) mass is 209 g/mol. The summed E-state index contributed by atoms with van der Waals surface area (Å²) in [5.41, 5.74) is 0. The van der Waals surface area contributed by atoms with Crippen molar-refractivity contribution in [3.8, 4) is 0 Å². The summed E-state index contributed by atoms with van der Waals surface area (Å²) in [7, 11) is 0. The normalized spacial score (nSPS) is 20.9. The SMILES string of the molecule is O=C1CCC(Nc2ncccc2F)CN1. The fourth-order valence-electron chi connectivity index (χ4n) is 1.54. The lowest BCUT2D eigenvalue weighted by Gasteiger charge is -2.23. The molecule has 1 aliphatic rings. The third-order valence-corrected chi connectivity index (χ3v) is 2.36. The second-order valence-electron chi connectivity index (χ2n) is 3.52. The number of hydrogen-bond donors (Lipinski definition) is 2. The highest BCUT2D eigenvalue weighted by atomic mass is 19.1. The highest BCUT2D eigenvalue weighted by molar-refractivity contribution is 5.76.